The van der Waals surface area contributed by atoms with E-state index < -0.39 is 12.3 Å². The molecule has 0 spiro atoms. The third-order valence-corrected chi connectivity index (χ3v) is 3.63. The molecule has 0 aliphatic rings. The molecule has 0 saturated heterocycles. The minimum absolute atomic E-state index is 0.0179. The zero-order valence-corrected chi connectivity index (χ0v) is 14.3. The first-order valence-electron chi connectivity index (χ1n) is 7.73. The van der Waals surface area contributed by atoms with Crippen LogP contribution in [0, 0.1) is 6.92 Å². The molecule has 0 bridgehead atoms. The van der Waals surface area contributed by atoms with Crippen molar-refractivity contribution in [2.75, 3.05) is 18.1 Å². The Balaban J connectivity index is 1.81. The summed E-state index contributed by atoms with van der Waals surface area (Å²) in [7, 11) is 1.56. The Labute approximate surface area is 152 Å². The molecule has 0 aliphatic heterocycles. The number of nitrogens with two attached hydrogens (primary N) is 1. The number of nitrogen functional groups attached to an aromatic ring is 1. The van der Waals surface area contributed by atoms with Crippen molar-refractivity contribution in [1.29, 1.82) is 0 Å². The number of aryl methyl sites for hydroxylation is 1. The minimum Gasteiger partial charge on any atom is -0.415 e. The van der Waals surface area contributed by atoms with E-state index in [0.29, 0.717) is 11.3 Å². The molecule has 1 amide bonds. The Morgan fingerprint density at radius 2 is 2.07 bits per heavy atom. The summed E-state index contributed by atoms with van der Waals surface area (Å²) >= 11 is 0. The summed E-state index contributed by atoms with van der Waals surface area (Å²) in [5, 5.41) is 12.3. The average Bonchev–Trinajstić information content (AvgIpc) is 3.11. The van der Waals surface area contributed by atoms with E-state index in [1.165, 1.54) is 6.20 Å². The number of rotatable bonds is 5. The number of benzene rings is 1. The zero-order valence-electron chi connectivity index (χ0n) is 14.3. The number of hydrogen-bond acceptors (Lipinski definition) is 8. The van der Waals surface area contributed by atoms with Crippen LogP contribution >= 0.6 is 0 Å². The summed E-state index contributed by atoms with van der Waals surface area (Å²) in [4.78, 5) is 19.9. The lowest BCUT2D eigenvalue weighted by Gasteiger charge is -2.10. The molecule has 0 saturated carbocycles. The molecule has 3 rings (SSSR count). The van der Waals surface area contributed by atoms with Gasteiger partial charge in [0.25, 0.3) is 17.7 Å². The second kappa shape index (κ2) is 7.32. The summed E-state index contributed by atoms with van der Waals surface area (Å²) < 4.78 is 29.9. The molecule has 3 aromatic rings. The first-order chi connectivity index (χ1) is 12.9. The van der Waals surface area contributed by atoms with Crippen molar-refractivity contribution in [3.8, 4) is 11.5 Å². The van der Waals surface area contributed by atoms with Gasteiger partial charge in [0.1, 0.15) is 5.82 Å². The van der Waals surface area contributed by atoms with Gasteiger partial charge in [-0.2, -0.15) is 13.8 Å². The number of anilines is 3. The van der Waals surface area contributed by atoms with Gasteiger partial charge in [-0.25, -0.2) is 4.98 Å². The highest BCUT2D eigenvalue weighted by Crippen LogP contribution is 2.27. The molecule has 11 heteroatoms. The van der Waals surface area contributed by atoms with Gasteiger partial charge in [-0.1, -0.05) is 0 Å². The maximum atomic E-state index is 12.5. The lowest BCUT2D eigenvalue weighted by Crippen LogP contribution is -2.18. The molecular weight excluding hydrogens is 360 g/mol. The van der Waals surface area contributed by atoms with Crippen LogP contribution in [0.2, 0.25) is 0 Å². The van der Waals surface area contributed by atoms with Crippen LogP contribution in [-0.4, -0.2) is 33.1 Å². The van der Waals surface area contributed by atoms with E-state index in [0.717, 1.165) is 5.56 Å². The molecule has 140 valence electrons. The van der Waals surface area contributed by atoms with Crippen molar-refractivity contribution in [2.45, 2.75) is 13.3 Å². The molecule has 1 aromatic carbocycles. The average molecular weight is 375 g/mol. The first kappa shape index (κ1) is 18.2. The van der Waals surface area contributed by atoms with Gasteiger partial charge in [0.05, 0.1) is 5.56 Å². The lowest BCUT2D eigenvalue weighted by molar-refractivity contribution is 0.0962. The Morgan fingerprint density at radius 3 is 2.67 bits per heavy atom. The predicted octanol–water partition coefficient (Wildman–Crippen LogP) is 2.46. The SMILES string of the molecule is CNC(=O)c1ccc(Nc2ncc(-c3nnc(C(F)F)o3)c(N)n2)cc1C. The summed E-state index contributed by atoms with van der Waals surface area (Å²) in [6.45, 7) is 1.80. The fraction of sp³-hybridized carbons (Fsp3) is 0.188. The van der Waals surface area contributed by atoms with Crippen LogP contribution in [0.15, 0.2) is 28.8 Å². The van der Waals surface area contributed by atoms with Crippen molar-refractivity contribution in [1.82, 2.24) is 25.5 Å². The molecule has 4 N–H and O–H groups in total. The summed E-state index contributed by atoms with van der Waals surface area (Å²) in [6, 6.07) is 5.11. The molecular formula is C16H15F2N7O2. The van der Waals surface area contributed by atoms with Gasteiger partial charge in [0.15, 0.2) is 0 Å². The minimum atomic E-state index is -2.88. The normalized spacial score (nSPS) is 10.9. The molecule has 27 heavy (non-hydrogen) atoms. The van der Waals surface area contributed by atoms with Gasteiger partial charge < -0.3 is 20.8 Å². The van der Waals surface area contributed by atoms with Gasteiger partial charge in [0.2, 0.25) is 5.95 Å². The molecule has 0 aliphatic carbocycles. The Bertz CT molecular complexity index is 991. The highest BCUT2D eigenvalue weighted by atomic mass is 19.3. The van der Waals surface area contributed by atoms with E-state index in [-0.39, 0.29) is 29.1 Å². The molecule has 0 atom stereocenters. The van der Waals surface area contributed by atoms with E-state index in [4.69, 9.17) is 10.2 Å². The van der Waals surface area contributed by atoms with E-state index in [9.17, 15) is 13.6 Å². The van der Waals surface area contributed by atoms with Gasteiger partial charge >= 0.3 is 6.43 Å². The lowest BCUT2D eigenvalue weighted by atomic mass is 10.1. The van der Waals surface area contributed by atoms with E-state index in [1.807, 2.05) is 0 Å². The van der Waals surface area contributed by atoms with E-state index in [2.05, 4.69) is 30.8 Å². The van der Waals surface area contributed by atoms with Crippen molar-refractivity contribution in [3.63, 3.8) is 0 Å². The van der Waals surface area contributed by atoms with Crippen LogP contribution < -0.4 is 16.4 Å². The van der Waals surface area contributed by atoms with Crippen molar-refractivity contribution in [3.05, 3.63) is 41.4 Å². The third-order valence-electron chi connectivity index (χ3n) is 3.63. The van der Waals surface area contributed by atoms with Crippen molar-refractivity contribution < 1.29 is 18.0 Å². The summed E-state index contributed by atoms with van der Waals surface area (Å²) in [5.74, 6) is -1.03. The van der Waals surface area contributed by atoms with Crippen LogP contribution in [0.3, 0.4) is 0 Å². The molecule has 0 unspecified atom stereocenters. The number of carbonyl (C=O) groups excluding carboxylic acids is 1. The number of amides is 1. The Morgan fingerprint density at radius 1 is 1.30 bits per heavy atom. The van der Waals surface area contributed by atoms with Crippen LogP contribution in [0.25, 0.3) is 11.5 Å². The van der Waals surface area contributed by atoms with Gasteiger partial charge in [-0.3, -0.25) is 4.79 Å². The number of hydrogen-bond donors (Lipinski definition) is 3. The van der Waals surface area contributed by atoms with Crippen LogP contribution in [0.4, 0.5) is 26.2 Å². The summed E-state index contributed by atoms with van der Waals surface area (Å²) in [6.07, 6.45) is -1.59. The number of halogens is 2. The van der Waals surface area contributed by atoms with Crippen LogP contribution in [0.5, 0.6) is 0 Å². The molecule has 2 heterocycles. The third kappa shape index (κ3) is 3.81. The highest BCUT2D eigenvalue weighted by molar-refractivity contribution is 5.95. The number of aromatic nitrogens is 4. The number of nitrogens with one attached hydrogen (secondary N) is 2. The molecule has 0 radical (unpaired) electrons. The standard InChI is InChI=1S/C16H15F2N7O2/c1-7-5-8(3-4-9(7)13(26)20-2)22-16-21-6-10(12(19)23-16)14-24-25-15(27-14)11(17)18/h3-6,11H,1-2H3,(H,20,26)(H3,19,21,22,23). The van der Waals surface area contributed by atoms with E-state index in [1.54, 1.807) is 32.2 Å². The summed E-state index contributed by atoms with van der Waals surface area (Å²) in [5.41, 5.74) is 7.94. The Hall–Kier alpha value is -3.63. The van der Waals surface area contributed by atoms with Gasteiger partial charge in [-0.15, -0.1) is 10.2 Å². The van der Waals surface area contributed by atoms with Gasteiger partial charge in [-0.05, 0) is 30.7 Å². The largest absolute Gasteiger partial charge is 0.415 e. The molecule has 2 aromatic heterocycles. The molecule has 9 nitrogen and oxygen atoms in total. The maximum absolute atomic E-state index is 12.5. The topological polar surface area (TPSA) is 132 Å². The second-order valence-electron chi connectivity index (χ2n) is 5.47. The smallest absolute Gasteiger partial charge is 0.314 e. The van der Waals surface area contributed by atoms with Crippen molar-refractivity contribution in [2.24, 2.45) is 0 Å². The number of carbonyl (C=O) groups is 1. The van der Waals surface area contributed by atoms with E-state index >= 15 is 0 Å². The van der Waals surface area contributed by atoms with Crippen LogP contribution in [-0.2, 0) is 0 Å². The fourth-order valence-corrected chi connectivity index (χ4v) is 2.31. The zero-order chi connectivity index (χ0) is 19.6. The maximum Gasteiger partial charge on any atom is 0.314 e. The predicted molar refractivity (Wildman–Crippen MR) is 92.5 cm³/mol. The molecule has 0 fully saturated rings. The number of nitrogens with zero attached hydrogens (tertiary/aromatic N) is 4. The van der Waals surface area contributed by atoms with Gasteiger partial charge in [0, 0.05) is 24.5 Å². The highest BCUT2D eigenvalue weighted by Gasteiger charge is 2.19. The monoisotopic (exact) mass is 375 g/mol. The number of alkyl halides is 2. The van der Waals surface area contributed by atoms with Crippen LogP contribution in [0.1, 0.15) is 28.2 Å². The quantitative estimate of drug-likeness (QED) is 0.619. The fourth-order valence-electron chi connectivity index (χ4n) is 2.31. The Kier molecular flexibility index (Phi) is 4.92. The first-order valence-corrected chi connectivity index (χ1v) is 7.73. The second-order valence-corrected chi connectivity index (χ2v) is 5.47. The van der Waals surface area contributed by atoms with Crippen molar-refractivity contribution >= 4 is 23.4 Å².